The van der Waals surface area contributed by atoms with Crippen molar-refractivity contribution in [2.75, 3.05) is 16.3 Å². The molecule has 0 aliphatic carbocycles. The van der Waals surface area contributed by atoms with E-state index in [1.807, 2.05) is 6.92 Å². The number of hydrogen-bond donors (Lipinski definition) is 0. The summed E-state index contributed by atoms with van der Waals surface area (Å²) in [4.78, 5) is 28.4. The molecule has 148 valence electrons. The minimum Gasteiger partial charge on any atom is -0.459 e. The van der Waals surface area contributed by atoms with E-state index in [4.69, 9.17) is 4.42 Å². The van der Waals surface area contributed by atoms with E-state index >= 15 is 0 Å². The highest BCUT2D eigenvalue weighted by molar-refractivity contribution is 6.10. The van der Waals surface area contributed by atoms with Crippen molar-refractivity contribution in [3.05, 3.63) is 72.2 Å². The topological polar surface area (TPSA) is 53.8 Å². The Morgan fingerprint density at radius 2 is 1.72 bits per heavy atom. The Balaban J connectivity index is 1.86. The van der Waals surface area contributed by atoms with Gasteiger partial charge in [-0.3, -0.25) is 9.59 Å². The summed E-state index contributed by atoms with van der Waals surface area (Å²) in [6.45, 7) is 3.57. The number of halogens is 2. The molecule has 0 radical (unpaired) electrons. The number of amides is 2. The van der Waals surface area contributed by atoms with Crippen LogP contribution in [0.4, 0.5) is 20.2 Å². The highest BCUT2D eigenvalue weighted by Crippen LogP contribution is 2.39. The average molecular weight is 396 g/mol. The molecule has 2 heterocycles. The van der Waals surface area contributed by atoms with Gasteiger partial charge < -0.3 is 14.2 Å². The van der Waals surface area contributed by atoms with Crippen LogP contribution in [0.25, 0.3) is 11.1 Å². The van der Waals surface area contributed by atoms with Gasteiger partial charge >= 0.3 is 0 Å². The van der Waals surface area contributed by atoms with E-state index in [1.165, 1.54) is 30.2 Å². The molecule has 0 N–H and O–H groups in total. The largest absolute Gasteiger partial charge is 0.459 e. The molecule has 1 atom stereocenters. The Labute approximate surface area is 166 Å². The van der Waals surface area contributed by atoms with Gasteiger partial charge in [0, 0.05) is 19.5 Å². The van der Waals surface area contributed by atoms with Crippen LogP contribution in [0.3, 0.4) is 0 Å². The van der Waals surface area contributed by atoms with E-state index in [-0.39, 0.29) is 30.2 Å². The summed E-state index contributed by atoms with van der Waals surface area (Å²) in [5, 5.41) is 0. The number of carbonyl (C=O) groups excluding carboxylic acids is 2. The molecule has 0 saturated carbocycles. The van der Waals surface area contributed by atoms with E-state index in [0.717, 1.165) is 6.07 Å². The van der Waals surface area contributed by atoms with E-state index in [0.29, 0.717) is 22.5 Å². The minimum atomic E-state index is -0.694. The van der Waals surface area contributed by atoms with Gasteiger partial charge in [0.2, 0.25) is 5.91 Å². The molecule has 0 spiro atoms. The summed E-state index contributed by atoms with van der Waals surface area (Å²) in [5.74, 6) is -1.73. The molecular weight excluding hydrogens is 378 g/mol. The Morgan fingerprint density at radius 1 is 1.00 bits per heavy atom. The maximum atomic E-state index is 13.7. The van der Waals surface area contributed by atoms with Crippen molar-refractivity contribution < 1.29 is 22.8 Å². The van der Waals surface area contributed by atoms with Gasteiger partial charge in [-0.25, -0.2) is 8.78 Å². The van der Waals surface area contributed by atoms with Gasteiger partial charge in [-0.15, -0.1) is 0 Å². The van der Waals surface area contributed by atoms with Crippen molar-refractivity contribution in [1.82, 2.24) is 0 Å². The van der Waals surface area contributed by atoms with Gasteiger partial charge in [0.05, 0.1) is 23.7 Å². The fourth-order valence-electron chi connectivity index (χ4n) is 3.73. The van der Waals surface area contributed by atoms with Crippen LogP contribution < -0.4 is 9.80 Å². The molecule has 1 aromatic heterocycles. The monoisotopic (exact) mass is 396 g/mol. The Morgan fingerprint density at radius 3 is 2.34 bits per heavy atom. The molecule has 1 aliphatic heterocycles. The maximum absolute atomic E-state index is 13.7. The molecule has 5 nitrogen and oxygen atoms in total. The number of carbonyl (C=O) groups is 2. The summed E-state index contributed by atoms with van der Waals surface area (Å²) < 4.78 is 32.6. The first-order chi connectivity index (χ1) is 13.8. The second-order valence-corrected chi connectivity index (χ2v) is 6.99. The van der Waals surface area contributed by atoms with Crippen LogP contribution >= 0.6 is 0 Å². The molecule has 0 fully saturated rings. The molecule has 0 saturated heterocycles. The first kappa shape index (κ1) is 18.9. The first-order valence-corrected chi connectivity index (χ1v) is 9.11. The van der Waals surface area contributed by atoms with E-state index < -0.39 is 11.6 Å². The third-order valence-electron chi connectivity index (χ3n) is 4.93. The molecule has 3 aromatic rings. The van der Waals surface area contributed by atoms with Gasteiger partial charge in [-0.1, -0.05) is 6.07 Å². The van der Waals surface area contributed by atoms with Crippen LogP contribution in [0.15, 0.2) is 59.2 Å². The zero-order valence-corrected chi connectivity index (χ0v) is 15.9. The fraction of sp³-hybridized carbons (Fsp3) is 0.182. The Kier molecular flexibility index (Phi) is 4.66. The quantitative estimate of drug-likeness (QED) is 0.635. The molecule has 7 heteroatoms. The van der Waals surface area contributed by atoms with Crippen molar-refractivity contribution in [2.24, 2.45) is 0 Å². The number of rotatable bonds is 2. The second kappa shape index (κ2) is 7.16. The minimum absolute atomic E-state index is 0.159. The summed E-state index contributed by atoms with van der Waals surface area (Å²) in [6, 6.07) is 11.2. The maximum Gasteiger partial charge on any atom is 0.294 e. The van der Waals surface area contributed by atoms with Gasteiger partial charge in [0.1, 0.15) is 11.6 Å². The van der Waals surface area contributed by atoms with Crippen LogP contribution in [0.1, 0.15) is 24.4 Å². The van der Waals surface area contributed by atoms with Crippen LogP contribution in [0.2, 0.25) is 0 Å². The number of nitrogens with zero attached hydrogens (tertiary/aromatic N) is 2. The van der Waals surface area contributed by atoms with Crippen molar-refractivity contribution in [1.29, 1.82) is 0 Å². The highest BCUT2D eigenvalue weighted by Gasteiger charge is 2.35. The molecule has 29 heavy (non-hydrogen) atoms. The molecular formula is C22H18F2N2O3. The van der Waals surface area contributed by atoms with Gasteiger partial charge in [-0.2, -0.15) is 0 Å². The summed E-state index contributed by atoms with van der Waals surface area (Å²) in [6.07, 6.45) is 1.41. The SMILES string of the molecule is CC(=O)N1c2ccc(-c3cc(F)cc(F)c3)cc2N(C(=O)c2ccco2)CC1C. The number of benzene rings is 2. The van der Waals surface area contributed by atoms with Crippen LogP contribution in [0, 0.1) is 11.6 Å². The number of fused-ring (bicyclic) bond motifs is 1. The normalized spacial score (nSPS) is 15.9. The van der Waals surface area contributed by atoms with Crippen LogP contribution in [-0.2, 0) is 4.79 Å². The molecule has 1 aliphatic rings. The lowest BCUT2D eigenvalue weighted by Crippen LogP contribution is -2.51. The smallest absolute Gasteiger partial charge is 0.294 e. The number of anilines is 2. The van der Waals surface area contributed by atoms with Gasteiger partial charge in [-0.05, 0) is 54.4 Å². The number of furan rings is 1. The fourth-order valence-corrected chi connectivity index (χ4v) is 3.73. The van der Waals surface area contributed by atoms with Crippen LogP contribution in [-0.4, -0.2) is 24.4 Å². The summed E-state index contributed by atoms with van der Waals surface area (Å²) in [7, 11) is 0. The number of hydrogen-bond acceptors (Lipinski definition) is 3. The standard InChI is InChI=1S/C22H18F2N2O3/c1-13-12-25(22(28)21-4-3-7-29-21)20-10-15(5-6-19(20)26(13)14(2)27)16-8-17(23)11-18(24)9-16/h3-11,13H,12H2,1-2H3. The first-order valence-electron chi connectivity index (χ1n) is 9.11. The predicted octanol–water partition coefficient (Wildman–Crippen LogP) is 4.63. The van der Waals surface area contributed by atoms with Crippen LogP contribution in [0.5, 0.6) is 0 Å². The van der Waals surface area contributed by atoms with Crippen molar-refractivity contribution in [2.45, 2.75) is 19.9 Å². The average Bonchev–Trinajstić information content (AvgIpc) is 3.20. The second-order valence-electron chi connectivity index (χ2n) is 6.99. The van der Waals surface area contributed by atoms with E-state index in [2.05, 4.69) is 0 Å². The Hall–Kier alpha value is -3.48. The highest BCUT2D eigenvalue weighted by atomic mass is 19.1. The van der Waals surface area contributed by atoms with Crippen molar-refractivity contribution in [3.63, 3.8) is 0 Å². The predicted molar refractivity (Wildman–Crippen MR) is 105 cm³/mol. The zero-order chi connectivity index (χ0) is 20.7. The van der Waals surface area contributed by atoms with Gasteiger partial charge in [0.25, 0.3) is 5.91 Å². The van der Waals surface area contributed by atoms with Gasteiger partial charge in [0.15, 0.2) is 5.76 Å². The molecule has 1 unspecified atom stereocenters. The molecule has 0 bridgehead atoms. The Bertz CT molecular complexity index is 1080. The lowest BCUT2D eigenvalue weighted by Gasteiger charge is -2.40. The summed E-state index contributed by atoms with van der Waals surface area (Å²) in [5.41, 5.74) is 1.89. The molecule has 4 rings (SSSR count). The molecule has 2 aromatic carbocycles. The summed E-state index contributed by atoms with van der Waals surface area (Å²) >= 11 is 0. The zero-order valence-electron chi connectivity index (χ0n) is 15.9. The molecule has 2 amide bonds. The third-order valence-corrected chi connectivity index (χ3v) is 4.93. The van der Waals surface area contributed by atoms with Crippen molar-refractivity contribution >= 4 is 23.2 Å². The van der Waals surface area contributed by atoms with Crippen molar-refractivity contribution in [3.8, 4) is 11.1 Å². The third kappa shape index (κ3) is 3.40. The van der Waals surface area contributed by atoms with E-state index in [1.54, 1.807) is 35.2 Å². The lowest BCUT2D eigenvalue weighted by atomic mass is 10.00. The van der Waals surface area contributed by atoms with E-state index in [9.17, 15) is 18.4 Å². The lowest BCUT2D eigenvalue weighted by molar-refractivity contribution is -0.117.